The first-order valence-electron chi connectivity index (χ1n) is 9.62. The molecule has 1 heterocycles. The van der Waals surface area contributed by atoms with E-state index in [0.717, 1.165) is 30.6 Å². The van der Waals surface area contributed by atoms with E-state index >= 15 is 0 Å². The summed E-state index contributed by atoms with van der Waals surface area (Å²) in [6.07, 6.45) is 6.26. The van der Waals surface area contributed by atoms with E-state index in [1.807, 2.05) is 6.92 Å². The molecule has 3 fully saturated rings. The van der Waals surface area contributed by atoms with Crippen LogP contribution in [0, 0.1) is 11.8 Å². The van der Waals surface area contributed by atoms with Gasteiger partial charge in [-0.2, -0.15) is 0 Å². The Balaban J connectivity index is 1.70. The van der Waals surface area contributed by atoms with Crippen LogP contribution >= 0.6 is 0 Å². The molecule has 0 aromatic carbocycles. The van der Waals surface area contributed by atoms with Gasteiger partial charge in [0, 0.05) is 13.0 Å². The Kier molecular flexibility index (Phi) is 5.16. The predicted molar refractivity (Wildman–Crippen MR) is 91.7 cm³/mol. The van der Waals surface area contributed by atoms with E-state index in [0.29, 0.717) is 25.7 Å². The molecule has 5 nitrogen and oxygen atoms in total. The minimum atomic E-state index is -0.839. The smallest absolute Gasteiger partial charge is 0.313 e. The monoisotopic (exact) mass is 352 g/mol. The van der Waals surface area contributed by atoms with Gasteiger partial charge in [0.15, 0.2) is 5.78 Å². The van der Waals surface area contributed by atoms with E-state index < -0.39 is 11.7 Å². The lowest BCUT2D eigenvalue weighted by Gasteiger charge is -2.38. The molecule has 3 aliphatic rings. The summed E-state index contributed by atoms with van der Waals surface area (Å²) in [6.45, 7) is 1.69. The zero-order valence-electron chi connectivity index (χ0n) is 15.3. The Morgan fingerprint density at radius 1 is 1.08 bits per heavy atom. The molecule has 140 valence electrons. The van der Waals surface area contributed by atoms with Gasteiger partial charge in [-0.1, -0.05) is 19.3 Å². The Morgan fingerprint density at radius 3 is 2.28 bits per heavy atom. The first-order valence-corrected chi connectivity index (χ1v) is 9.62. The average Bonchev–Trinajstić information content (AvgIpc) is 2.79. The van der Waals surface area contributed by atoms with Crippen molar-refractivity contribution in [2.75, 3.05) is 13.6 Å². The van der Waals surface area contributed by atoms with Crippen molar-refractivity contribution >= 4 is 17.7 Å². The minimum absolute atomic E-state index is 0.102. The van der Waals surface area contributed by atoms with Crippen molar-refractivity contribution in [3.05, 3.63) is 0 Å². The number of carbonyl (C=O) groups is 3. The topological polar surface area (TPSA) is 57.7 Å². The zero-order valence-corrected chi connectivity index (χ0v) is 15.3. The van der Waals surface area contributed by atoms with Crippen molar-refractivity contribution in [1.82, 2.24) is 9.80 Å². The van der Waals surface area contributed by atoms with Gasteiger partial charge in [-0.05, 0) is 51.4 Å². The first kappa shape index (κ1) is 18.3. The molecule has 2 aliphatic carbocycles. The molecule has 0 bridgehead atoms. The molecule has 6 heteroatoms. The zero-order chi connectivity index (χ0) is 18.2. The summed E-state index contributed by atoms with van der Waals surface area (Å²) >= 11 is 0. The lowest BCUT2D eigenvalue weighted by Crippen LogP contribution is -2.52. The number of hydrogen-bond acceptors (Lipinski definition) is 3. The highest BCUT2D eigenvalue weighted by Crippen LogP contribution is 2.41. The molecule has 1 aliphatic heterocycles. The van der Waals surface area contributed by atoms with Gasteiger partial charge in [0.25, 0.3) is 5.91 Å². The number of rotatable bonds is 4. The highest BCUT2D eigenvalue weighted by molar-refractivity contribution is 6.09. The van der Waals surface area contributed by atoms with Crippen molar-refractivity contribution in [3.8, 4) is 0 Å². The van der Waals surface area contributed by atoms with Crippen molar-refractivity contribution in [2.45, 2.75) is 76.4 Å². The summed E-state index contributed by atoms with van der Waals surface area (Å²) in [7, 11) is 1.67. The van der Waals surface area contributed by atoms with E-state index in [9.17, 15) is 18.8 Å². The normalized spacial score (nSPS) is 34.7. The second-order valence-corrected chi connectivity index (χ2v) is 8.13. The van der Waals surface area contributed by atoms with Gasteiger partial charge in [-0.3, -0.25) is 14.5 Å². The van der Waals surface area contributed by atoms with Crippen LogP contribution in [-0.2, 0) is 9.59 Å². The molecule has 0 aromatic heterocycles. The van der Waals surface area contributed by atoms with Gasteiger partial charge < -0.3 is 4.90 Å². The van der Waals surface area contributed by atoms with E-state index in [1.165, 1.54) is 11.3 Å². The largest absolute Gasteiger partial charge is 0.327 e. The third-order valence-corrected chi connectivity index (χ3v) is 6.72. The second kappa shape index (κ2) is 7.04. The van der Waals surface area contributed by atoms with Gasteiger partial charge in [0.1, 0.15) is 11.7 Å². The van der Waals surface area contributed by atoms with Crippen LogP contribution in [0.2, 0.25) is 0 Å². The molecule has 0 N–H and O–H groups in total. The van der Waals surface area contributed by atoms with Crippen LogP contribution < -0.4 is 0 Å². The fraction of sp³-hybridized carbons (Fsp3) is 0.842. The van der Waals surface area contributed by atoms with Crippen LogP contribution in [0.15, 0.2) is 0 Å². The third kappa shape index (κ3) is 3.20. The number of ketones is 1. The molecular weight excluding hydrogens is 323 g/mol. The van der Waals surface area contributed by atoms with Gasteiger partial charge in [0.2, 0.25) is 0 Å². The maximum Gasteiger partial charge on any atom is 0.327 e. The number of nitrogens with zero attached hydrogens (tertiary/aromatic N) is 2. The van der Waals surface area contributed by atoms with Gasteiger partial charge in [-0.25, -0.2) is 9.18 Å². The number of hydrogen-bond donors (Lipinski definition) is 0. The molecule has 1 atom stereocenters. The fourth-order valence-electron chi connectivity index (χ4n) is 4.80. The average molecular weight is 352 g/mol. The molecule has 3 rings (SSSR count). The number of Topliss-reactive ketones (excluding diaryl/α,β-unsaturated/α-hetero) is 1. The maximum absolute atomic E-state index is 13.3. The molecule has 2 saturated carbocycles. The summed E-state index contributed by atoms with van der Waals surface area (Å²) in [4.78, 5) is 41.0. The predicted octanol–water partition coefficient (Wildman–Crippen LogP) is 3.32. The number of carbonyl (C=O) groups excluding carboxylic acids is 3. The first-order chi connectivity index (χ1) is 11.9. The standard InChI is InChI=1S/C19H29FN2O3/c1-19(14-6-4-3-5-7-14)17(24)22(18(25)21(19)2)12-16(23)13-8-10-15(20)11-9-13/h13-15H,3-12H2,1-2H3. The summed E-state index contributed by atoms with van der Waals surface area (Å²) < 4.78 is 13.3. The molecule has 0 aromatic rings. The summed E-state index contributed by atoms with van der Waals surface area (Å²) in [5, 5.41) is 0. The van der Waals surface area contributed by atoms with Crippen LogP contribution in [0.25, 0.3) is 0 Å². The Hall–Kier alpha value is -1.46. The van der Waals surface area contributed by atoms with Crippen LogP contribution in [-0.4, -0.2) is 52.8 Å². The number of halogens is 1. The van der Waals surface area contributed by atoms with E-state index in [2.05, 4.69) is 0 Å². The minimum Gasteiger partial charge on any atom is -0.313 e. The van der Waals surface area contributed by atoms with Crippen LogP contribution in [0.5, 0.6) is 0 Å². The van der Waals surface area contributed by atoms with Crippen molar-refractivity contribution in [2.24, 2.45) is 11.8 Å². The van der Waals surface area contributed by atoms with Crippen molar-refractivity contribution < 1.29 is 18.8 Å². The summed E-state index contributed by atoms with van der Waals surface area (Å²) in [5.74, 6) is -0.404. The Bertz CT molecular complexity index is 553. The van der Waals surface area contributed by atoms with Crippen molar-refractivity contribution in [1.29, 1.82) is 0 Å². The Morgan fingerprint density at radius 2 is 1.68 bits per heavy atom. The second-order valence-electron chi connectivity index (χ2n) is 8.13. The number of amides is 3. The highest BCUT2D eigenvalue weighted by atomic mass is 19.1. The Labute approximate surface area is 148 Å². The van der Waals surface area contributed by atoms with E-state index in [1.54, 1.807) is 7.05 Å². The summed E-state index contributed by atoms with van der Waals surface area (Å²) in [5.41, 5.74) is -0.839. The lowest BCUT2D eigenvalue weighted by molar-refractivity contribution is -0.138. The molecule has 25 heavy (non-hydrogen) atoms. The summed E-state index contributed by atoms with van der Waals surface area (Å²) in [6, 6.07) is -0.370. The van der Waals surface area contributed by atoms with E-state index in [-0.39, 0.29) is 36.1 Å². The SMILES string of the molecule is CN1C(=O)N(CC(=O)C2CCC(F)CC2)C(=O)C1(C)C1CCCCC1. The lowest BCUT2D eigenvalue weighted by atomic mass is 9.75. The van der Waals surface area contributed by atoms with E-state index in [4.69, 9.17) is 0 Å². The van der Waals surface area contributed by atoms with Crippen molar-refractivity contribution in [3.63, 3.8) is 0 Å². The fourth-order valence-corrected chi connectivity index (χ4v) is 4.80. The highest BCUT2D eigenvalue weighted by Gasteiger charge is 2.56. The van der Waals surface area contributed by atoms with Gasteiger partial charge in [0.05, 0.1) is 6.54 Å². The number of likely N-dealkylation sites (N-methyl/N-ethyl adjacent to an activating group) is 1. The van der Waals surface area contributed by atoms with Gasteiger partial charge >= 0.3 is 6.03 Å². The molecule has 1 unspecified atom stereocenters. The van der Waals surface area contributed by atoms with Crippen LogP contribution in [0.3, 0.4) is 0 Å². The molecule has 0 radical (unpaired) electrons. The number of urea groups is 1. The van der Waals surface area contributed by atoms with Crippen LogP contribution in [0.1, 0.15) is 64.7 Å². The molecular formula is C19H29FN2O3. The number of alkyl halides is 1. The molecule has 1 saturated heterocycles. The van der Waals surface area contributed by atoms with Crippen LogP contribution in [0.4, 0.5) is 9.18 Å². The molecule has 0 spiro atoms. The maximum atomic E-state index is 13.3. The third-order valence-electron chi connectivity index (χ3n) is 6.72. The molecule has 3 amide bonds. The quantitative estimate of drug-likeness (QED) is 0.729. The van der Waals surface area contributed by atoms with Gasteiger partial charge in [-0.15, -0.1) is 0 Å². The number of imide groups is 1.